The number of nitrogens with zero attached hydrogens (tertiary/aromatic N) is 3. The minimum Gasteiger partial charge on any atom is -0.379 e. The van der Waals surface area contributed by atoms with Crippen LogP contribution in [0.2, 0.25) is 5.02 Å². The van der Waals surface area contributed by atoms with Gasteiger partial charge in [0.2, 0.25) is 0 Å². The second kappa shape index (κ2) is 6.96. The van der Waals surface area contributed by atoms with Gasteiger partial charge in [0.05, 0.1) is 24.8 Å². The summed E-state index contributed by atoms with van der Waals surface area (Å²) in [5.74, 6) is 0.217. The number of halogens is 1. The molecule has 0 aromatic heterocycles. The second-order valence-corrected chi connectivity index (χ2v) is 6.43. The fourth-order valence-electron chi connectivity index (χ4n) is 3.00. The van der Waals surface area contributed by atoms with Crippen LogP contribution in [0.3, 0.4) is 0 Å². The molecule has 0 radical (unpaired) electrons. The molecule has 0 unspecified atom stereocenters. The number of ether oxygens (including phenoxy) is 1. The Labute approximate surface area is 136 Å². The lowest BCUT2D eigenvalue weighted by atomic mass is 9.94. The topological polar surface area (TPSA) is 37.3 Å². The van der Waals surface area contributed by atoms with E-state index in [2.05, 4.69) is 29.1 Å². The summed E-state index contributed by atoms with van der Waals surface area (Å²) >= 11 is 5.99. The third-order valence-electron chi connectivity index (χ3n) is 4.06. The Morgan fingerprint density at radius 3 is 2.55 bits per heavy atom. The number of hydrogen-bond acceptors (Lipinski definition) is 5. The summed E-state index contributed by atoms with van der Waals surface area (Å²) in [6, 6.07) is 7.81. The van der Waals surface area contributed by atoms with E-state index in [1.807, 2.05) is 24.3 Å². The normalized spacial score (nSPS) is 26.1. The maximum atomic E-state index is 5.99. The van der Waals surface area contributed by atoms with Gasteiger partial charge in [-0.2, -0.15) is 0 Å². The maximum absolute atomic E-state index is 5.99. The highest BCUT2D eigenvalue weighted by Crippen LogP contribution is 2.27. The van der Waals surface area contributed by atoms with Crippen molar-refractivity contribution in [3.05, 3.63) is 34.9 Å². The third-order valence-corrected chi connectivity index (χ3v) is 4.31. The van der Waals surface area contributed by atoms with Crippen LogP contribution < -0.4 is 0 Å². The van der Waals surface area contributed by atoms with E-state index in [4.69, 9.17) is 21.2 Å². The van der Waals surface area contributed by atoms with Gasteiger partial charge in [0.15, 0.2) is 6.23 Å². The third kappa shape index (κ3) is 3.43. The zero-order valence-corrected chi connectivity index (χ0v) is 13.8. The quantitative estimate of drug-likeness (QED) is 0.848. The Morgan fingerprint density at radius 2 is 1.91 bits per heavy atom. The van der Waals surface area contributed by atoms with Crippen LogP contribution in [-0.4, -0.2) is 68.7 Å². The highest BCUT2D eigenvalue weighted by atomic mass is 35.5. The predicted molar refractivity (Wildman–Crippen MR) is 87.3 cm³/mol. The molecule has 6 heteroatoms. The fraction of sp³-hybridized carbons (Fsp3) is 0.562. The van der Waals surface area contributed by atoms with Crippen LogP contribution in [0.4, 0.5) is 0 Å². The van der Waals surface area contributed by atoms with Gasteiger partial charge in [-0.3, -0.25) is 4.90 Å². The fourth-order valence-corrected chi connectivity index (χ4v) is 3.12. The standard InChI is InChI=1S/C16H22ClN3O2/c1-19(2)11-14-15(12-3-5-13(17)6-4-12)18-22-16(14)20-7-9-21-10-8-20/h3-6,14,16H,7-11H2,1-2H3/t14-,16+/m0/s1. The van der Waals surface area contributed by atoms with Crippen LogP contribution in [0, 0.1) is 5.92 Å². The summed E-state index contributed by atoms with van der Waals surface area (Å²) in [6.45, 7) is 4.18. The van der Waals surface area contributed by atoms with E-state index in [1.165, 1.54) is 0 Å². The number of hydrogen-bond donors (Lipinski definition) is 0. The monoisotopic (exact) mass is 323 g/mol. The van der Waals surface area contributed by atoms with Gasteiger partial charge in [0.25, 0.3) is 0 Å². The van der Waals surface area contributed by atoms with Crippen molar-refractivity contribution < 1.29 is 9.57 Å². The van der Waals surface area contributed by atoms with Gasteiger partial charge >= 0.3 is 0 Å². The molecule has 22 heavy (non-hydrogen) atoms. The highest BCUT2D eigenvalue weighted by molar-refractivity contribution is 6.30. The molecule has 2 atom stereocenters. The minimum atomic E-state index is -0.0167. The summed E-state index contributed by atoms with van der Waals surface area (Å²) in [5.41, 5.74) is 2.08. The van der Waals surface area contributed by atoms with Crippen LogP contribution in [0.15, 0.2) is 29.4 Å². The molecular weight excluding hydrogens is 302 g/mol. The molecule has 0 saturated carbocycles. The maximum Gasteiger partial charge on any atom is 0.191 e. The van der Waals surface area contributed by atoms with E-state index in [-0.39, 0.29) is 12.1 Å². The largest absolute Gasteiger partial charge is 0.379 e. The van der Waals surface area contributed by atoms with Crippen LogP contribution in [-0.2, 0) is 9.57 Å². The number of rotatable bonds is 4. The molecule has 0 bridgehead atoms. The van der Waals surface area contributed by atoms with Crippen LogP contribution in [0.25, 0.3) is 0 Å². The highest BCUT2D eigenvalue weighted by Gasteiger charge is 2.39. The van der Waals surface area contributed by atoms with Gasteiger partial charge < -0.3 is 14.5 Å². The molecule has 3 rings (SSSR count). The van der Waals surface area contributed by atoms with Gasteiger partial charge in [0, 0.05) is 24.7 Å². The van der Waals surface area contributed by atoms with E-state index in [0.717, 1.165) is 49.1 Å². The molecule has 0 aliphatic carbocycles. The molecule has 1 saturated heterocycles. The van der Waals surface area contributed by atoms with E-state index in [1.54, 1.807) is 0 Å². The first-order valence-corrected chi connectivity index (χ1v) is 7.99. The molecule has 0 spiro atoms. The molecule has 2 aliphatic heterocycles. The summed E-state index contributed by atoms with van der Waals surface area (Å²) < 4.78 is 5.44. The number of benzene rings is 1. The molecule has 2 heterocycles. The van der Waals surface area contributed by atoms with Gasteiger partial charge in [-0.15, -0.1) is 0 Å². The van der Waals surface area contributed by atoms with Gasteiger partial charge in [-0.25, -0.2) is 0 Å². The van der Waals surface area contributed by atoms with Crippen molar-refractivity contribution in [3.63, 3.8) is 0 Å². The molecule has 1 aromatic rings. The molecule has 2 aliphatic rings. The van der Waals surface area contributed by atoms with Crippen LogP contribution >= 0.6 is 11.6 Å². The number of morpholine rings is 1. The average molecular weight is 324 g/mol. The summed E-state index contributed by atoms with van der Waals surface area (Å²) in [5, 5.41) is 5.12. The Bertz CT molecular complexity index is 527. The van der Waals surface area contributed by atoms with Crippen molar-refractivity contribution in [2.24, 2.45) is 11.1 Å². The lowest BCUT2D eigenvalue weighted by molar-refractivity contribution is -0.0985. The average Bonchev–Trinajstić information content (AvgIpc) is 2.92. The van der Waals surface area contributed by atoms with Crippen LogP contribution in [0.1, 0.15) is 5.56 Å². The first-order chi connectivity index (χ1) is 10.6. The molecule has 1 fully saturated rings. The summed E-state index contributed by atoms with van der Waals surface area (Å²) in [7, 11) is 4.16. The van der Waals surface area contributed by atoms with E-state index >= 15 is 0 Å². The van der Waals surface area contributed by atoms with Crippen molar-refractivity contribution in [2.45, 2.75) is 6.23 Å². The Balaban J connectivity index is 1.81. The SMILES string of the molecule is CN(C)C[C@H]1C(c2ccc(Cl)cc2)=NO[C@H]1N1CCOCC1. The van der Waals surface area contributed by atoms with Crippen molar-refractivity contribution in [3.8, 4) is 0 Å². The van der Waals surface area contributed by atoms with Crippen molar-refractivity contribution >= 4 is 17.3 Å². The van der Waals surface area contributed by atoms with Gasteiger partial charge in [-0.05, 0) is 31.8 Å². The molecule has 1 aromatic carbocycles. The van der Waals surface area contributed by atoms with E-state index in [0.29, 0.717) is 0 Å². The van der Waals surface area contributed by atoms with Crippen molar-refractivity contribution in [1.29, 1.82) is 0 Å². The Kier molecular flexibility index (Phi) is 4.98. The van der Waals surface area contributed by atoms with E-state index < -0.39 is 0 Å². The Morgan fingerprint density at radius 1 is 1.23 bits per heavy atom. The summed E-state index contributed by atoms with van der Waals surface area (Å²) in [6.07, 6.45) is -0.0167. The second-order valence-electron chi connectivity index (χ2n) is 6.00. The first kappa shape index (κ1) is 15.7. The lowest BCUT2D eigenvalue weighted by Crippen LogP contribution is -2.49. The molecule has 120 valence electrons. The van der Waals surface area contributed by atoms with Crippen LogP contribution in [0.5, 0.6) is 0 Å². The molecule has 0 amide bonds. The molecule has 5 nitrogen and oxygen atoms in total. The van der Waals surface area contributed by atoms with Crippen molar-refractivity contribution in [2.75, 3.05) is 46.9 Å². The minimum absolute atomic E-state index is 0.0167. The lowest BCUT2D eigenvalue weighted by Gasteiger charge is -2.34. The number of oxime groups is 1. The zero-order chi connectivity index (χ0) is 15.5. The smallest absolute Gasteiger partial charge is 0.191 e. The zero-order valence-electron chi connectivity index (χ0n) is 13.0. The van der Waals surface area contributed by atoms with Gasteiger partial charge in [-0.1, -0.05) is 28.9 Å². The van der Waals surface area contributed by atoms with E-state index in [9.17, 15) is 0 Å². The molecular formula is C16H22ClN3O2. The van der Waals surface area contributed by atoms with Crippen molar-refractivity contribution in [1.82, 2.24) is 9.80 Å². The van der Waals surface area contributed by atoms with Gasteiger partial charge in [0.1, 0.15) is 0 Å². The molecule has 0 N–H and O–H groups in total. The summed E-state index contributed by atoms with van der Waals surface area (Å²) in [4.78, 5) is 10.3. The Hall–Kier alpha value is -1.14. The predicted octanol–water partition coefficient (Wildman–Crippen LogP) is 1.91. The first-order valence-electron chi connectivity index (χ1n) is 7.61.